The molecule has 0 radical (unpaired) electrons. The summed E-state index contributed by atoms with van der Waals surface area (Å²) in [5, 5.41) is 3.29. The Hall–Kier alpha value is -3.23. The van der Waals surface area contributed by atoms with Crippen LogP contribution in [0.2, 0.25) is 5.02 Å². The van der Waals surface area contributed by atoms with Crippen molar-refractivity contribution in [2.24, 2.45) is 0 Å². The predicted octanol–water partition coefficient (Wildman–Crippen LogP) is 5.11. The third-order valence-electron chi connectivity index (χ3n) is 5.19. The van der Waals surface area contributed by atoms with Gasteiger partial charge in [0.05, 0.1) is 31.5 Å². The lowest BCUT2D eigenvalue weighted by Crippen LogP contribution is -2.29. The van der Waals surface area contributed by atoms with Gasteiger partial charge in [-0.15, -0.1) is 11.3 Å². The van der Waals surface area contributed by atoms with Gasteiger partial charge in [0.15, 0.2) is 0 Å². The molecule has 0 aliphatic carbocycles. The summed E-state index contributed by atoms with van der Waals surface area (Å²) < 4.78 is 15.3. The SMILES string of the molecule is Cc1cc(NC(=O)c2ccc(F)cc2Cl)sc1C(=O)N1CCn2c1nc1ccccc12. The Labute approximate surface area is 185 Å². The van der Waals surface area contributed by atoms with E-state index >= 15 is 0 Å². The van der Waals surface area contributed by atoms with Crippen LogP contribution in [-0.4, -0.2) is 27.9 Å². The second-order valence-electron chi connectivity index (χ2n) is 7.21. The molecule has 0 saturated carbocycles. The topological polar surface area (TPSA) is 67.2 Å². The standard InChI is InChI=1S/C22H16ClFN4O2S/c1-12-10-18(26-20(29)14-7-6-13(24)11-15(14)23)31-19(12)21(30)28-9-8-27-17-5-3-2-4-16(17)25-22(27)28/h2-7,10-11H,8-9H2,1H3,(H,26,29). The first-order valence-electron chi connectivity index (χ1n) is 9.56. The number of nitrogens with zero attached hydrogens (tertiary/aromatic N) is 3. The van der Waals surface area contributed by atoms with Crippen LogP contribution in [0.4, 0.5) is 15.3 Å². The molecular weight excluding hydrogens is 439 g/mol. The Bertz CT molecular complexity index is 1360. The molecule has 2 aromatic carbocycles. The first-order chi connectivity index (χ1) is 14.9. The second kappa shape index (κ2) is 7.47. The smallest absolute Gasteiger partial charge is 0.271 e. The van der Waals surface area contributed by atoms with Crippen molar-refractivity contribution >= 4 is 56.7 Å². The zero-order chi connectivity index (χ0) is 21.7. The molecule has 0 saturated heterocycles. The molecule has 1 aliphatic rings. The second-order valence-corrected chi connectivity index (χ2v) is 8.67. The Morgan fingerprint density at radius 1 is 1.16 bits per heavy atom. The summed E-state index contributed by atoms with van der Waals surface area (Å²) >= 11 is 7.17. The summed E-state index contributed by atoms with van der Waals surface area (Å²) in [5.74, 6) is -0.509. The number of thiophene rings is 1. The number of carbonyl (C=O) groups excluding carboxylic acids is 2. The van der Waals surface area contributed by atoms with Crippen molar-refractivity contribution in [2.45, 2.75) is 13.5 Å². The van der Waals surface area contributed by atoms with Crippen LogP contribution in [0.5, 0.6) is 0 Å². The molecule has 0 unspecified atom stereocenters. The van der Waals surface area contributed by atoms with Gasteiger partial charge in [0.1, 0.15) is 5.82 Å². The van der Waals surface area contributed by atoms with Crippen molar-refractivity contribution in [3.63, 3.8) is 0 Å². The van der Waals surface area contributed by atoms with Crippen LogP contribution in [-0.2, 0) is 6.54 Å². The molecule has 31 heavy (non-hydrogen) atoms. The fourth-order valence-corrected chi connectivity index (χ4v) is 4.98. The van der Waals surface area contributed by atoms with E-state index in [4.69, 9.17) is 11.6 Å². The Balaban J connectivity index is 1.40. The molecule has 9 heteroatoms. The van der Waals surface area contributed by atoms with Crippen LogP contribution >= 0.6 is 22.9 Å². The molecule has 4 aromatic rings. The van der Waals surface area contributed by atoms with Crippen molar-refractivity contribution in [3.05, 3.63) is 75.4 Å². The van der Waals surface area contributed by atoms with Gasteiger partial charge >= 0.3 is 0 Å². The van der Waals surface area contributed by atoms with Crippen LogP contribution in [0.3, 0.4) is 0 Å². The van der Waals surface area contributed by atoms with Crippen molar-refractivity contribution in [2.75, 3.05) is 16.8 Å². The maximum Gasteiger partial charge on any atom is 0.271 e. The number of anilines is 2. The molecule has 0 spiro atoms. The van der Waals surface area contributed by atoms with E-state index in [1.807, 2.05) is 35.8 Å². The average Bonchev–Trinajstić information content (AvgIpc) is 3.40. The summed E-state index contributed by atoms with van der Waals surface area (Å²) in [6.07, 6.45) is 0. The number of imidazole rings is 1. The first-order valence-corrected chi connectivity index (χ1v) is 10.8. The fraction of sp³-hybridized carbons (Fsp3) is 0.136. The van der Waals surface area contributed by atoms with Gasteiger partial charge in [-0.2, -0.15) is 0 Å². The maximum atomic E-state index is 13.3. The molecule has 1 aliphatic heterocycles. The third kappa shape index (κ3) is 3.37. The number of aryl methyl sites for hydroxylation is 1. The molecule has 5 rings (SSSR count). The molecule has 0 atom stereocenters. The van der Waals surface area contributed by atoms with Crippen LogP contribution in [0.1, 0.15) is 25.6 Å². The van der Waals surface area contributed by atoms with Gasteiger partial charge in [0.2, 0.25) is 5.95 Å². The lowest BCUT2D eigenvalue weighted by Gasteiger charge is -2.13. The summed E-state index contributed by atoms with van der Waals surface area (Å²) in [6, 6.07) is 13.1. The van der Waals surface area contributed by atoms with Crippen molar-refractivity contribution in [1.82, 2.24) is 9.55 Å². The molecule has 2 aromatic heterocycles. The number of hydrogen-bond acceptors (Lipinski definition) is 4. The number of para-hydroxylation sites is 2. The lowest BCUT2D eigenvalue weighted by molar-refractivity contribution is 0.0990. The Kier molecular flexibility index (Phi) is 4.75. The predicted molar refractivity (Wildman–Crippen MR) is 120 cm³/mol. The number of hydrogen-bond donors (Lipinski definition) is 1. The highest BCUT2D eigenvalue weighted by molar-refractivity contribution is 7.18. The normalized spacial score (nSPS) is 12.9. The zero-order valence-corrected chi connectivity index (χ0v) is 17.9. The van der Waals surface area contributed by atoms with Crippen LogP contribution in [0.25, 0.3) is 11.0 Å². The average molecular weight is 455 g/mol. The Morgan fingerprint density at radius 2 is 1.97 bits per heavy atom. The van der Waals surface area contributed by atoms with Gasteiger partial charge in [0.25, 0.3) is 11.8 Å². The van der Waals surface area contributed by atoms with E-state index in [9.17, 15) is 14.0 Å². The minimum atomic E-state index is -0.516. The summed E-state index contributed by atoms with van der Waals surface area (Å²) in [6.45, 7) is 3.04. The van der Waals surface area contributed by atoms with E-state index in [0.717, 1.165) is 22.7 Å². The number of benzene rings is 2. The van der Waals surface area contributed by atoms with Crippen molar-refractivity contribution < 1.29 is 14.0 Å². The van der Waals surface area contributed by atoms with E-state index < -0.39 is 11.7 Å². The van der Waals surface area contributed by atoms with E-state index in [2.05, 4.69) is 10.3 Å². The van der Waals surface area contributed by atoms with E-state index in [1.54, 1.807) is 11.0 Å². The number of aromatic nitrogens is 2. The van der Waals surface area contributed by atoms with Gasteiger partial charge < -0.3 is 9.88 Å². The number of amides is 2. The quantitative estimate of drug-likeness (QED) is 0.467. The molecule has 0 bridgehead atoms. The van der Waals surface area contributed by atoms with E-state index in [0.29, 0.717) is 28.9 Å². The van der Waals surface area contributed by atoms with Gasteiger partial charge in [-0.05, 0) is 48.9 Å². The highest BCUT2D eigenvalue weighted by Crippen LogP contribution is 2.33. The van der Waals surface area contributed by atoms with Gasteiger partial charge in [-0.3, -0.25) is 14.5 Å². The molecule has 6 nitrogen and oxygen atoms in total. The largest absolute Gasteiger partial charge is 0.313 e. The molecule has 3 heterocycles. The van der Waals surface area contributed by atoms with Crippen LogP contribution in [0.15, 0.2) is 48.5 Å². The highest BCUT2D eigenvalue weighted by Gasteiger charge is 2.31. The zero-order valence-electron chi connectivity index (χ0n) is 16.4. The summed E-state index contributed by atoms with van der Waals surface area (Å²) in [7, 11) is 0. The molecule has 1 N–H and O–H groups in total. The third-order valence-corrected chi connectivity index (χ3v) is 6.65. The van der Waals surface area contributed by atoms with Crippen LogP contribution in [0, 0.1) is 12.7 Å². The van der Waals surface area contributed by atoms with E-state index in [1.165, 1.54) is 23.5 Å². The first kappa shape index (κ1) is 19.7. The van der Waals surface area contributed by atoms with E-state index in [-0.39, 0.29) is 16.5 Å². The number of carbonyl (C=O) groups is 2. The number of fused-ring (bicyclic) bond motifs is 3. The fourth-order valence-electron chi connectivity index (χ4n) is 3.71. The Morgan fingerprint density at radius 3 is 2.77 bits per heavy atom. The monoisotopic (exact) mass is 454 g/mol. The number of nitrogens with one attached hydrogen (secondary N) is 1. The number of halogens is 2. The molecule has 156 valence electrons. The highest BCUT2D eigenvalue weighted by atomic mass is 35.5. The summed E-state index contributed by atoms with van der Waals surface area (Å²) in [5.41, 5.74) is 2.77. The van der Waals surface area contributed by atoms with Crippen molar-refractivity contribution in [3.8, 4) is 0 Å². The van der Waals surface area contributed by atoms with Gasteiger partial charge in [-0.25, -0.2) is 9.37 Å². The lowest BCUT2D eigenvalue weighted by atomic mass is 10.2. The maximum absolute atomic E-state index is 13.3. The molecule has 2 amide bonds. The summed E-state index contributed by atoms with van der Waals surface area (Å²) in [4.78, 5) is 32.6. The molecular formula is C22H16ClFN4O2S. The number of rotatable bonds is 3. The van der Waals surface area contributed by atoms with Gasteiger partial charge in [-0.1, -0.05) is 23.7 Å². The van der Waals surface area contributed by atoms with Crippen LogP contribution < -0.4 is 10.2 Å². The van der Waals surface area contributed by atoms with Gasteiger partial charge in [0, 0.05) is 13.1 Å². The minimum Gasteiger partial charge on any atom is -0.313 e. The van der Waals surface area contributed by atoms with Crippen molar-refractivity contribution in [1.29, 1.82) is 0 Å². The minimum absolute atomic E-state index is 0.0260. The molecule has 0 fully saturated rings.